The van der Waals surface area contributed by atoms with E-state index in [1.54, 1.807) is 0 Å². The number of hydrogen-bond acceptors (Lipinski definition) is 3. The summed E-state index contributed by atoms with van der Waals surface area (Å²) in [5.41, 5.74) is 0. The summed E-state index contributed by atoms with van der Waals surface area (Å²) >= 11 is 0. The monoisotopic (exact) mass is 157 g/mol. The lowest BCUT2D eigenvalue weighted by molar-refractivity contribution is 0.0132. The maximum Gasteiger partial charge on any atom is 0.0718 e. The average molecular weight is 157 g/mol. The van der Waals surface area contributed by atoms with Gasteiger partial charge >= 0.3 is 0 Å². The third-order valence-corrected chi connectivity index (χ3v) is 2.51. The van der Waals surface area contributed by atoms with E-state index in [2.05, 4.69) is 4.90 Å². The maximum atomic E-state index is 9.16. The lowest BCUT2D eigenvalue weighted by atomic mass is 10.2. The van der Waals surface area contributed by atoms with Crippen LogP contribution in [-0.2, 0) is 4.74 Å². The van der Waals surface area contributed by atoms with Crippen molar-refractivity contribution in [2.24, 2.45) is 0 Å². The lowest BCUT2D eigenvalue weighted by Crippen LogP contribution is -2.40. The van der Waals surface area contributed by atoms with Crippen LogP contribution >= 0.6 is 0 Å². The number of likely N-dealkylation sites (tertiary alicyclic amines) is 1. The zero-order chi connectivity index (χ0) is 7.84. The van der Waals surface area contributed by atoms with Crippen molar-refractivity contribution < 1.29 is 9.84 Å². The van der Waals surface area contributed by atoms with Gasteiger partial charge in [-0.25, -0.2) is 0 Å². The summed E-state index contributed by atoms with van der Waals surface area (Å²) in [5.74, 6) is 0. The van der Waals surface area contributed by atoms with E-state index in [9.17, 15) is 0 Å². The Hall–Kier alpha value is -0.120. The summed E-state index contributed by atoms with van der Waals surface area (Å²) in [6.07, 6.45) is 1.43. The first-order chi connectivity index (χ1) is 5.25. The zero-order valence-electron chi connectivity index (χ0n) is 6.86. The molecule has 3 heteroatoms. The number of fused-ring (bicyclic) bond motifs is 2. The first-order valence-corrected chi connectivity index (χ1v) is 4.29. The van der Waals surface area contributed by atoms with Crippen LogP contribution in [0.25, 0.3) is 0 Å². The Balaban J connectivity index is 1.87. The Morgan fingerprint density at radius 1 is 1.73 bits per heavy atom. The molecule has 11 heavy (non-hydrogen) atoms. The summed E-state index contributed by atoms with van der Waals surface area (Å²) in [6.45, 7) is 4.55. The fourth-order valence-corrected chi connectivity index (χ4v) is 2.04. The number of ether oxygens (including phenoxy) is 1. The minimum atomic E-state index is -0.200. The van der Waals surface area contributed by atoms with Gasteiger partial charge in [0.1, 0.15) is 0 Å². The smallest absolute Gasteiger partial charge is 0.0718 e. The van der Waals surface area contributed by atoms with Gasteiger partial charge in [0.25, 0.3) is 0 Å². The predicted molar refractivity (Wildman–Crippen MR) is 41.4 cm³/mol. The van der Waals surface area contributed by atoms with Crippen molar-refractivity contribution in [3.63, 3.8) is 0 Å². The maximum absolute atomic E-state index is 9.16. The van der Waals surface area contributed by atoms with Crippen molar-refractivity contribution in [1.82, 2.24) is 4.90 Å². The van der Waals surface area contributed by atoms with Crippen molar-refractivity contribution in [2.45, 2.75) is 31.6 Å². The molecule has 0 aromatic carbocycles. The molecule has 3 nitrogen and oxygen atoms in total. The number of morpholine rings is 1. The van der Waals surface area contributed by atoms with Crippen molar-refractivity contribution in [3.8, 4) is 0 Å². The van der Waals surface area contributed by atoms with Crippen LogP contribution in [0.2, 0.25) is 0 Å². The highest BCUT2D eigenvalue weighted by Gasteiger charge is 2.38. The molecule has 64 valence electrons. The second-order valence-corrected chi connectivity index (χ2v) is 3.65. The van der Waals surface area contributed by atoms with Gasteiger partial charge in [-0.3, -0.25) is 4.90 Å². The van der Waals surface area contributed by atoms with E-state index < -0.39 is 0 Å². The number of aliphatic hydroxyl groups is 1. The van der Waals surface area contributed by atoms with E-state index in [4.69, 9.17) is 9.84 Å². The summed E-state index contributed by atoms with van der Waals surface area (Å²) in [7, 11) is 0. The fraction of sp³-hybridized carbons (Fsp3) is 1.00. The van der Waals surface area contributed by atoms with Crippen LogP contribution in [0.4, 0.5) is 0 Å². The number of nitrogens with zero attached hydrogens (tertiary/aromatic N) is 1. The molecular formula is C8H15NO2. The van der Waals surface area contributed by atoms with Gasteiger partial charge in [-0.2, -0.15) is 0 Å². The first-order valence-electron chi connectivity index (χ1n) is 4.29. The minimum Gasteiger partial charge on any atom is -0.392 e. The van der Waals surface area contributed by atoms with Crippen molar-refractivity contribution in [1.29, 1.82) is 0 Å². The molecule has 0 unspecified atom stereocenters. The van der Waals surface area contributed by atoms with E-state index in [0.717, 1.165) is 19.7 Å². The van der Waals surface area contributed by atoms with E-state index in [-0.39, 0.29) is 6.10 Å². The molecule has 2 fully saturated rings. The van der Waals surface area contributed by atoms with Gasteiger partial charge in [0.05, 0.1) is 18.8 Å². The molecule has 2 aliphatic rings. The van der Waals surface area contributed by atoms with Gasteiger partial charge in [-0.05, 0) is 13.3 Å². The second kappa shape index (κ2) is 2.73. The van der Waals surface area contributed by atoms with Gasteiger partial charge < -0.3 is 9.84 Å². The molecular weight excluding hydrogens is 142 g/mol. The Bertz CT molecular complexity index is 149. The number of hydrogen-bond donors (Lipinski definition) is 1. The van der Waals surface area contributed by atoms with E-state index >= 15 is 0 Å². The Morgan fingerprint density at radius 3 is 3.00 bits per heavy atom. The van der Waals surface area contributed by atoms with Gasteiger partial charge in [-0.1, -0.05) is 0 Å². The third-order valence-electron chi connectivity index (χ3n) is 2.51. The van der Waals surface area contributed by atoms with Gasteiger partial charge in [-0.15, -0.1) is 0 Å². The average Bonchev–Trinajstić information content (AvgIpc) is 2.45. The standard InChI is InChI=1S/C8H15NO2/c1-6(10)3-9-4-8-2-7(9)5-11-8/h6-8,10H,2-5H2,1H3/t6-,7+,8+/m0/s1. The normalized spacial score (nSPS) is 39.8. The molecule has 0 spiro atoms. The van der Waals surface area contributed by atoms with E-state index in [1.807, 2.05) is 6.92 Å². The Labute approximate surface area is 66.9 Å². The number of aliphatic hydroxyl groups excluding tert-OH is 1. The summed E-state index contributed by atoms with van der Waals surface area (Å²) in [6, 6.07) is 0.592. The quantitative estimate of drug-likeness (QED) is 0.604. The molecule has 0 amide bonds. The van der Waals surface area contributed by atoms with Crippen LogP contribution in [0.5, 0.6) is 0 Å². The summed E-state index contributed by atoms with van der Waals surface area (Å²) < 4.78 is 5.44. The van der Waals surface area contributed by atoms with Crippen molar-refractivity contribution in [3.05, 3.63) is 0 Å². The summed E-state index contributed by atoms with van der Waals surface area (Å²) in [5, 5.41) is 9.16. The molecule has 2 rings (SSSR count). The number of β-amino-alcohol motifs (C(OH)–C–C–N with tert-alkyl or cyclic N) is 1. The highest BCUT2D eigenvalue weighted by Crippen LogP contribution is 2.27. The minimum absolute atomic E-state index is 0.200. The number of rotatable bonds is 2. The van der Waals surface area contributed by atoms with Gasteiger partial charge in [0, 0.05) is 19.1 Å². The molecule has 2 saturated heterocycles. The SMILES string of the molecule is C[C@H](O)CN1C[C@H]2C[C@@H]1CO2. The molecule has 2 heterocycles. The highest BCUT2D eigenvalue weighted by atomic mass is 16.5. The predicted octanol–water partition coefficient (Wildman–Crippen LogP) is -0.160. The molecule has 1 N–H and O–H groups in total. The molecule has 0 aromatic rings. The van der Waals surface area contributed by atoms with Crippen molar-refractivity contribution in [2.75, 3.05) is 19.7 Å². The van der Waals surface area contributed by atoms with Gasteiger partial charge in [0.15, 0.2) is 0 Å². The van der Waals surface area contributed by atoms with E-state index in [1.165, 1.54) is 6.42 Å². The van der Waals surface area contributed by atoms with Gasteiger partial charge in [0.2, 0.25) is 0 Å². The molecule has 0 radical (unpaired) electrons. The van der Waals surface area contributed by atoms with Crippen LogP contribution < -0.4 is 0 Å². The highest BCUT2D eigenvalue weighted by molar-refractivity contribution is 4.91. The van der Waals surface area contributed by atoms with Crippen LogP contribution in [0.1, 0.15) is 13.3 Å². The third kappa shape index (κ3) is 1.41. The largest absolute Gasteiger partial charge is 0.392 e. The Morgan fingerprint density at radius 2 is 2.55 bits per heavy atom. The molecule has 0 aromatic heterocycles. The Kier molecular flexibility index (Phi) is 1.87. The van der Waals surface area contributed by atoms with E-state index in [0.29, 0.717) is 12.1 Å². The molecule has 2 bridgehead atoms. The van der Waals surface area contributed by atoms with Crippen LogP contribution in [-0.4, -0.2) is 48.0 Å². The molecule has 2 aliphatic heterocycles. The van der Waals surface area contributed by atoms with Crippen molar-refractivity contribution >= 4 is 0 Å². The topological polar surface area (TPSA) is 32.7 Å². The summed E-state index contributed by atoms with van der Waals surface area (Å²) in [4.78, 5) is 2.33. The van der Waals surface area contributed by atoms with Crippen LogP contribution in [0, 0.1) is 0 Å². The second-order valence-electron chi connectivity index (χ2n) is 3.65. The molecule has 0 aliphatic carbocycles. The lowest BCUT2D eigenvalue weighted by Gasteiger charge is -2.27. The van der Waals surface area contributed by atoms with Crippen LogP contribution in [0.15, 0.2) is 0 Å². The zero-order valence-corrected chi connectivity index (χ0v) is 6.86. The molecule has 0 saturated carbocycles. The fourth-order valence-electron chi connectivity index (χ4n) is 2.04. The molecule has 3 atom stereocenters. The first kappa shape index (κ1) is 7.53. The van der Waals surface area contributed by atoms with Crippen LogP contribution in [0.3, 0.4) is 0 Å².